The van der Waals surface area contributed by atoms with Gasteiger partial charge in [-0.2, -0.15) is 0 Å². The lowest BCUT2D eigenvalue weighted by atomic mass is 9.89. The molecule has 1 heteroatoms. The van der Waals surface area contributed by atoms with Gasteiger partial charge in [-0.05, 0) is 42.0 Å². The number of benzene rings is 2. The number of hydrogen-bond donors (Lipinski definition) is 0. The predicted octanol–water partition coefficient (Wildman–Crippen LogP) is 5.13. The van der Waals surface area contributed by atoms with Gasteiger partial charge in [0.05, 0.1) is 6.04 Å². The maximum atomic E-state index is 4.82. The van der Waals surface area contributed by atoms with Gasteiger partial charge in [-0.1, -0.05) is 67.6 Å². The predicted molar refractivity (Wildman–Crippen MR) is 90.7 cm³/mol. The molecule has 0 fully saturated rings. The summed E-state index contributed by atoms with van der Waals surface area (Å²) < 4.78 is 0. The minimum atomic E-state index is 0.400. The molecule has 1 heterocycles. The van der Waals surface area contributed by atoms with E-state index in [1.54, 1.807) is 0 Å². The topological polar surface area (TPSA) is 12.4 Å². The van der Waals surface area contributed by atoms with E-state index in [2.05, 4.69) is 74.5 Å². The SMILES string of the molecule is CCC1=NC(C)CC1=C(c1ccccc1)c1ccccc1. The van der Waals surface area contributed by atoms with Crippen LogP contribution < -0.4 is 0 Å². The first-order valence-corrected chi connectivity index (χ1v) is 7.70. The van der Waals surface area contributed by atoms with Crippen molar-refractivity contribution in [3.05, 3.63) is 77.4 Å². The first kappa shape index (κ1) is 13.8. The molecule has 0 saturated heterocycles. The van der Waals surface area contributed by atoms with Gasteiger partial charge in [0.15, 0.2) is 0 Å². The average molecular weight is 275 g/mol. The summed E-state index contributed by atoms with van der Waals surface area (Å²) in [5.41, 5.74) is 6.61. The summed E-state index contributed by atoms with van der Waals surface area (Å²) in [7, 11) is 0. The van der Waals surface area contributed by atoms with Crippen LogP contribution in [0, 0.1) is 0 Å². The summed E-state index contributed by atoms with van der Waals surface area (Å²) in [4.78, 5) is 4.82. The van der Waals surface area contributed by atoms with E-state index in [-0.39, 0.29) is 0 Å². The fourth-order valence-electron chi connectivity index (χ4n) is 3.08. The smallest absolute Gasteiger partial charge is 0.0516 e. The van der Waals surface area contributed by atoms with Gasteiger partial charge in [0.1, 0.15) is 0 Å². The number of aliphatic imine (C=N–C) groups is 1. The molecule has 1 aliphatic rings. The van der Waals surface area contributed by atoms with Gasteiger partial charge in [-0.3, -0.25) is 4.99 Å². The van der Waals surface area contributed by atoms with E-state index in [4.69, 9.17) is 4.99 Å². The van der Waals surface area contributed by atoms with Crippen LogP contribution in [0.5, 0.6) is 0 Å². The Bertz CT molecular complexity index is 624. The molecule has 0 aromatic heterocycles. The van der Waals surface area contributed by atoms with Crippen LogP contribution in [-0.2, 0) is 0 Å². The molecule has 3 rings (SSSR count). The Kier molecular flexibility index (Phi) is 4.01. The Morgan fingerprint density at radius 2 is 1.48 bits per heavy atom. The Balaban J connectivity index is 2.21. The molecule has 1 unspecified atom stereocenters. The van der Waals surface area contributed by atoms with Crippen LogP contribution in [0.4, 0.5) is 0 Å². The van der Waals surface area contributed by atoms with Crippen molar-refractivity contribution in [1.29, 1.82) is 0 Å². The van der Waals surface area contributed by atoms with E-state index >= 15 is 0 Å². The number of rotatable bonds is 3. The second kappa shape index (κ2) is 6.09. The molecule has 1 aliphatic heterocycles. The van der Waals surface area contributed by atoms with E-state index in [1.165, 1.54) is 28.0 Å². The lowest BCUT2D eigenvalue weighted by Crippen LogP contribution is -2.02. The third-order valence-corrected chi connectivity index (χ3v) is 3.99. The van der Waals surface area contributed by atoms with E-state index in [0.29, 0.717) is 6.04 Å². The lowest BCUT2D eigenvalue weighted by Gasteiger charge is -2.14. The van der Waals surface area contributed by atoms with Crippen LogP contribution >= 0.6 is 0 Å². The van der Waals surface area contributed by atoms with Gasteiger partial charge in [0, 0.05) is 5.71 Å². The minimum absolute atomic E-state index is 0.400. The fraction of sp³-hybridized carbons (Fsp3) is 0.250. The third-order valence-electron chi connectivity index (χ3n) is 3.99. The molecule has 0 amide bonds. The maximum absolute atomic E-state index is 4.82. The van der Waals surface area contributed by atoms with E-state index in [1.807, 2.05) is 0 Å². The summed E-state index contributed by atoms with van der Waals surface area (Å²) in [6.07, 6.45) is 2.05. The molecule has 106 valence electrons. The second-order valence-electron chi connectivity index (χ2n) is 5.57. The summed E-state index contributed by atoms with van der Waals surface area (Å²) in [5.74, 6) is 0. The standard InChI is InChI=1S/C20H21N/c1-3-19-18(14-15(2)21-19)20(16-10-6-4-7-11-16)17-12-8-5-9-13-17/h4-13,15H,3,14H2,1-2H3. The van der Waals surface area contributed by atoms with E-state index < -0.39 is 0 Å². The van der Waals surface area contributed by atoms with Gasteiger partial charge in [0.2, 0.25) is 0 Å². The van der Waals surface area contributed by atoms with Gasteiger partial charge < -0.3 is 0 Å². The zero-order valence-electron chi connectivity index (χ0n) is 12.7. The average Bonchev–Trinajstić information content (AvgIpc) is 2.90. The van der Waals surface area contributed by atoms with Crippen LogP contribution in [0.1, 0.15) is 37.8 Å². The largest absolute Gasteiger partial charge is 0.286 e. The highest BCUT2D eigenvalue weighted by Gasteiger charge is 2.22. The Morgan fingerprint density at radius 1 is 0.952 bits per heavy atom. The van der Waals surface area contributed by atoms with Crippen molar-refractivity contribution in [2.75, 3.05) is 0 Å². The first-order valence-electron chi connectivity index (χ1n) is 7.70. The van der Waals surface area contributed by atoms with Crippen molar-refractivity contribution in [3.63, 3.8) is 0 Å². The van der Waals surface area contributed by atoms with Crippen molar-refractivity contribution in [3.8, 4) is 0 Å². The zero-order chi connectivity index (χ0) is 14.7. The van der Waals surface area contributed by atoms with Crippen molar-refractivity contribution >= 4 is 11.3 Å². The minimum Gasteiger partial charge on any atom is -0.286 e. The Labute approximate surface area is 127 Å². The molecule has 2 aromatic rings. The monoisotopic (exact) mass is 275 g/mol. The van der Waals surface area contributed by atoms with Crippen molar-refractivity contribution in [2.24, 2.45) is 4.99 Å². The molecule has 2 aromatic carbocycles. The van der Waals surface area contributed by atoms with E-state index in [9.17, 15) is 0 Å². The lowest BCUT2D eigenvalue weighted by molar-refractivity contribution is 0.783. The zero-order valence-corrected chi connectivity index (χ0v) is 12.7. The van der Waals surface area contributed by atoms with Crippen LogP contribution in [0.2, 0.25) is 0 Å². The highest BCUT2D eigenvalue weighted by molar-refractivity contribution is 6.10. The molecule has 0 spiro atoms. The molecule has 0 N–H and O–H groups in total. The fourth-order valence-corrected chi connectivity index (χ4v) is 3.08. The Morgan fingerprint density at radius 3 is 1.95 bits per heavy atom. The van der Waals surface area contributed by atoms with Crippen molar-refractivity contribution in [2.45, 2.75) is 32.7 Å². The molecule has 1 atom stereocenters. The summed E-state index contributed by atoms with van der Waals surface area (Å²) in [6, 6.07) is 21.8. The van der Waals surface area contributed by atoms with Crippen molar-refractivity contribution < 1.29 is 0 Å². The second-order valence-corrected chi connectivity index (χ2v) is 5.57. The molecule has 1 nitrogen and oxygen atoms in total. The highest BCUT2D eigenvalue weighted by atomic mass is 14.8. The molecule has 0 aliphatic carbocycles. The molecule has 21 heavy (non-hydrogen) atoms. The third kappa shape index (κ3) is 2.82. The van der Waals surface area contributed by atoms with Gasteiger partial charge in [-0.25, -0.2) is 0 Å². The quantitative estimate of drug-likeness (QED) is 0.736. The molecule has 0 radical (unpaired) electrons. The van der Waals surface area contributed by atoms with Crippen LogP contribution in [-0.4, -0.2) is 11.8 Å². The molecular formula is C20H21N. The summed E-state index contributed by atoms with van der Waals surface area (Å²) >= 11 is 0. The Hall–Kier alpha value is -2.15. The molecule has 0 saturated carbocycles. The molecule has 0 bridgehead atoms. The normalized spacial score (nSPS) is 17.7. The highest BCUT2D eigenvalue weighted by Crippen LogP contribution is 2.34. The van der Waals surface area contributed by atoms with Crippen LogP contribution in [0.3, 0.4) is 0 Å². The van der Waals surface area contributed by atoms with Gasteiger partial charge in [-0.15, -0.1) is 0 Å². The van der Waals surface area contributed by atoms with Gasteiger partial charge >= 0.3 is 0 Å². The van der Waals surface area contributed by atoms with E-state index in [0.717, 1.165) is 12.8 Å². The summed E-state index contributed by atoms with van der Waals surface area (Å²) in [5, 5.41) is 0. The van der Waals surface area contributed by atoms with Crippen molar-refractivity contribution in [1.82, 2.24) is 0 Å². The summed E-state index contributed by atoms with van der Waals surface area (Å²) in [6.45, 7) is 4.40. The van der Waals surface area contributed by atoms with Crippen LogP contribution in [0.25, 0.3) is 5.57 Å². The number of hydrogen-bond acceptors (Lipinski definition) is 1. The number of nitrogens with zero attached hydrogens (tertiary/aromatic N) is 1. The maximum Gasteiger partial charge on any atom is 0.0516 e. The van der Waals surface area contributed by atoms with Gasteiger partial charge in [0.25, 0.3) is 0 Å². The molecular weight excluding hydrogens is 254 g/mol. The van der Waals surface area contributed by atoms with Crippen LogP contribution in [0.15, 0.2) is 71.2 Å². The first-order chi connectivity index (χ1) is 10.3.